The zero-order chi connectivity index (χ0) is 27.5. The van der Waals surface area contributed by atoms with Gasteiger partial charge in [-0.25, -0.2) is 4.68 Å². The summed E-state index contributed by atoms with van der Waals surface area (Å²) in [4.78, 5) is 13.1. The van der Waals surface area contributed by atoms with Crippen molar-refractivity contribution >= 4 is 39.6 Å². The molecule has 15 heteroatoms. The standard InChI is InChI=1S/C22H19ClF5N5O3S/c1-32(2)12-30-37(35,36)19-9-18(31-20(34)7-13-5-3-4-6-17(13)23)16(22(26,27)28)8-15(19)14-10-29-33(11-14)21(24)25/h3-6,8-12,21H,7H2,1-2H3,(H,31,34). The molecule has 0 radical (unpaired) electrons. The second-order valence-corrected chi connectivity index (χ2v) is 9.86. The second kappa shape index (κ2) is 10.8. The van der Waals surface area contributed by atoms with Gasteiger partial charge in [-0.3, -0.25) is 4.79 Å². The van der Waals surface area contributed by atoms with E-state index in [1.165, 1.54) is 31.1 Å². The molecule has 0 aliphatic heterocycles. The molecule has 198 valence electrons. The molecule has 0 aliphatic carbocycles. The Morgan fingerprint density at radius 3 is 2.49 bits per heavy atom. The van der Waals surface area contributed by atoms with Crippen LogP contribution in [0.3, 0.4) is 0 Å². The van der Waals surface area contributed by atoms with Crippen LogP contribution < -0.4 is 5.32 Å². The number of hydrogen-bond acceptors (Lipinski definition) is 4. The molecule has 0 saturated carbocycles. The van der Waals surface area contributed by atoms with Crippen molar-refractivity contribution in [3.63, 3.8) is 0 Å². The second-order valence-electron chi connectivity index (χ2n) is 7.85. The van der Waals surface area contributed by atoms with E-state index in [9.17, 15) is 35.2 Å². The van der Waals surface area contributed by atoms with Gasteiger partial charge in [0, 0.05) is 36.4 Å². The number of hydrogen-bond donors (Lipinski definition) is 1. The third-order valence-corrected chi connectivity index (χ3v) is 6.45. The summed E-state index contributed by atoms with van der Waals surface area (Å²) in [6.07, 6.45) is -3.07. The molecule has 0 saturated heterocycles. The predicted octanol–water partition coefficient (Wildman–Crippen LogP) is 5.08. The number of anilines is 1. The Balaban J connectivity index is 2.19. The van der Waals surface area contributed by atoms with Crippen molar-refractivity contribution in [2.24, 2.45) is 4.40 Å². The highest BCUT2D eigenvalue weighted by Gasteiger charge is 2.37. The molecule has 37 heavy (non-hydrogen) atoms. The van der Waals surface area contributed by atoms with E-state index in [1.807, 2.05) is 0 Å². The molecule has 1 aromatic heterocycles. The smallest absolute Gasteiger partial charge is 0.368 e. The highest BCUT2D eigenvalue weighted by molar-refractivity contribution is 7.90. The van der Waals surface area contributed by atoms with Crippen LogP contribution in [-0.4, -0.2) is 49.4 Å². The number of carbonyl (C=O) groups is 1. The fourth-order valence-corrected chi connectivity index (χ4v) is 4.51. The van der Waals surface area contributed by atoms with Gasteiger partial charge >= 0.3 is 12.7 Å². The number of sulfonamides is 1. The molecule has 3 rings (SSSR count). The Kier molecular flexibility index (Phi) is 8.22. The molecule has 0 spiro atoms. The van der Waals surface area contributed by atoms with Gasteiger partial charge < -0.3 is 10.2 Å². The lowest BCUT2D eigenvalue weighted by molar-refractivity contribution is -0.137. The zero-order valence-electron chi connectivity index (χ0n) is 19.2. The summed E-state index contributed by atoms with van der Waals surface area (Å²) in [6.45, 7) is -3.12. The first-order valence-electron chi connectivity index (χ1n) is 10.3. The van der Waals surface area contributed by atoms with Crippen LogP contribution in [0.5, 0.6) is 0 Å². The largest absolute Gasteiger partial charge is 0.418 e. The normalized spacial score (nSPS) is 12.4. The first-order valence-corrected chi connectivity index (χ1v) is 12.1. The number of benzene rings is 2. The molecule has 0 bridgehead atoms. The van der Waals surface area contributed by atoms with Crippen LogP contribution in [0, 0.1) is 0 Å². The van der Waals surface area contributed by atoms with Crippen LogP contribution >= 0.6 is 11.6 Å². The first kappa shape index (κ1) is 28.1. The summed E-state index contributed by atoms with van der Waals surface area (Å²) in [5.74, 6) is -0.906. The summed E-state index contributed by atoms with van der Waals surface area (Å²) >= 11 is 6.01. The summed E-state index contributed by atoms with van der Waals surface area (Å²) in [7, 11) is -1.75. The summed E-state index contributed by atoms with van der Waals surface area (Å²) < 4.78 is 97.7. The summed E-state index contributed by atoms with van der Waals surface area (Å²) in [5, 5.41) is 5.67. The predicted molar refractivity (Wildman–Crippen MR) is 127 cm³/mol. The lowest BCUT2D eigenvalue weighted by Gasteiger charge is -2.18. The van der Waals surface area contributed by atoms with Gasteiger partial charge in [0.15, 0.2) is 0 Å². The van der Waals surface area contributed by atoms with Gasteiger partial charge in [0.1, 0.15) is 6.34 Å². The highest BCUT2D eigenvalue weighted by atomic mass is 35.5. The van der Waals surface area contributed by atoms with Gasteiger partial charge in [-0.2, -0.15) is 35.5 Å². The number of nitrogens with zero attached hydrogens (tertiary/aromatic N) is 4. The van der Waals surface area contributed by atoms with Crippen LogP contribution in [-0.2, 0) is 27.4 Å². The van der Waals surface area contributed by atoms with Crippen LogP contribution in [0.15, 0.2) is 58.1 Å². The van der Waals surface area contributed by atoms with Crippen molar-refractivity contribution in [1.82, 2.24) is 14.7 Å². The molecule has 1 heterocycles. The number of amides is 1. The molecule has 1 N–H and O–H groups in total. The number of rotatable bonds is 8. The van der Waals surface area contributed by atoms with Crippen LogP contribution in [0.1, 0.15) is 17.7 Å². The van der Waals surface area contributed by atoms with Crippen molar-refractivity contribution in [2.45, 2.75) is 24.0 Å². The summed E-state index contributed by atoms with van der Waals surface area (Å²) in [5.41, 5.74) is -2.86. The fraction of sp³-hybridized carbons (Fsp3) is 0.227. The van der Waals surface area contributed by atoms with Crippen LogP contribution in [0.4, 0.5) is 27.6 Å². The number of carbonyl (C=O) groups excluding carboxylic acids is 1. The zero-order valence-corrected chi connectivity index (χ0v) is 20.7. The van der Waals surface area contributed by atoms with Gasteiger partial charge in [0.05, 0.1) is 28.8 Å². The molecular formula is C22H19ClF5N5O3S. The molecule has 0 unspecified atom stereocenters. The number of nitrogens with one attached hydrogen (secondary N) is 1. The Labute approximate surface area is 213 Å². The van der Waals surface area contributed by atoms with Crippen molar-refractivity contribution in [1.29, 1.82) is 0 Å². The third kappa shape index (κ3) is 6.83. The van der Waals surface area contributed by atoms with Crippen LogP contribution in [0.2, 0.25) is 5.02 Å². The van der Waals surface area contributed by atoms with E-state index in [0.717, 1.165) is 12.5 Å². The van der Waals surface area contributed by atoms with E-state index in [2.05, 4.69) is 14.8 Å². The van der Waals surface area contributed by atoms with Gasteiger partial charge in [-0.15, -0.1) is 4.40 Å². The Bertz CT molecular complexity index is 1440. The summed E-state index contributed by atoms with van der Waals surface area (Å²) in [6, 6.07) is 7.21. The fourth-order valence-electron chi connectivity index (χ4n) is 3.16. The van der Waals surface area contributed by atoms with Crippen molar-refractivity contribution in [3.8, 4) is 11.1 Å². The Morgan fingerprint density at radius 2 is 1.92 bits per heavy atom. The molecule has 1 amide bonds. The van der Waals surface area contributed by atoms with E-state index in [-0.39, 0.29) is 15.3 Å². The number of alkyl halides is 5. The minimum atomic E-state index is -5.06. The molecule has 0 aliphatic rings. The quantitative estimate of drug-likeness (QED) is 0.234. The number of halogens is 6. The van der Waals surface area contributed by atoms with E-state index in [0.29, 0.717) is 23.9 Å². The maximum absolute atomic E-state index is 14.0. The maximum Gasteiger partial charge on any atom is 0.418 e. The first-order chi connectivity index (χ1) is 17.2. The van der Waals surface area contributed by atoms with Crippen molar-refractivity contribution in [3.05, 3.63) is 64.9 Å². The Morgan fingerprint density at radius 1 is 1.24 bits per heavy atom. The highest BCUT2D eigenvalue weighted by Crippen LogP contribution is 2.41. The van der Waals surface area contributed by atoms with E-state index < -0.39 is 56.8 Å². The molecule has 2 aromatic carbocycles. The average Bonchev–Trinajstić information content (AvgIpc) is 3.29. The molecule has 0 fully saturated rings. The van der Waals surface area contributed by atoms with Gasteiger partial charge in [0.2, 0.25) is 5.91 Å². The SMILES string of the molecule is CN(C)C=NS(=O)(=O)c1cc(NC(=O)Cc2ccccc2Cl)c(C(F)(F)F)cc1-c1cnn(C(F)F)c1. The van der Waals surface area contributed by atoms with Crippen molar-refractivity contribution in [2.75, 3.05) is 19.4 Å². The molecule has 8 nitrogen and oxygen atoms in total. The van der Waals surface area contributed by atoms with E-state index >= 15 is 0 Å². The molecule has 3 aromatic rings. The minimum absolute atomic E-state index is 0.154. The minimum Gasteiger partial charge on any atom is -0.368 e. The van der Waals surface area contributed by atoms with Crippen molar-refractivity contribution < 1.29 is 35.2 Å². The molecule has 0 atom stereocenters. The van der Waals surface area contributed by atoms with Gasteiger partial charge in [-0.1, -0.05) is 29.8 Å². The lowest BCUT2D eigenvalue weighted by Crippen LogP contribution is -2.19. The topological polar surface area (TPSA) is 96.7 Å². The number of aromatic nitrogens is 2. The van der Waals surface area contributed by atoms with Crippen LogP contribution in [0.25, 0.3) is 11.1 Å². The third-order valence-electron chi connectivity index (χ3n) is 4.82. The van der Waals surface area contributed by atoms with Gasteiger partial charge in [0.25, 0.3) is 10.0 Å². The lowest BCUT2D eigenvalue weighted by atomic mass is 10.0. The van der Waals surface area contributed by atoms with E-state index in [1.54, 1.807) is 12.1 Å². The molecular weight excluding hydrogens is 545 g/mol. The van der Waals surface area contributed by atoms with Gasteiger partial charge in [-0.05, 0) is 23.8 Å². The van der Waals surface area contributed by atoms with E-state index in [4.69, 9.17) is 11.6 Å². The maximum atomic E-state index is 14.0. The average molecular weight is 564 g/mol. The Hall–Kier alpha value is -3.52. The monoisotopic (exact) mass is 563 g/mol.